The number of thiazole rings is 1. The molecule has 0 amide bonds. The van der Waals surface area contributed by atoms with Gasteiger partial charge < -0.3 is 14.9 Å². The Hall–Kier alpha value is -1.76. The van der Waals surface area contributed by atoms with Crippen molar-refractivity contribution in [3.05, 3.63) is 51.5 Å². The Morgan fingerprint density at radius 1 is 1.21 bits per heavy atom. The standard InChI is InChI=1S/C36H53NO4S/c1-22(10-15-31(41-33(40)34(4,5)6)36(17-18-36)32-37-23(2)21-42-32)28-13-14-29-25(9-8-16-35(28,29)7)11-12-26-19-27(38)20-30(39)24(26)3/h11-12,21-22,27-31,38-39H,3,8-10,13-20H2,1-2,4-7H3/b25-11+,26-12-/t22-,27-,28-,29+,30+,31+,35-/m1/s1. The minimum atomic E-state index is -0.646. The molecule has 7 atom stereocenters. The van der Waals surface area contributed by atoms with E-state index in [2.05, 4.69) is 38.0 Å². The third kappa shape index (κ3) is 6.23. The van der Waals surface area contributed by atoms with Crippen LogP contribution in [0.1, 0.15) is 116 Å². The molecule has 4 fully saturated rings. The van der Waals surface area contributed by atoms with Crippen LogP contribution in [0, 0.1) is 35.5 Å². The lowest BCUT2D eigenvalue weighted by Gasteiger charge is -2.44. The number of fused-ring (bicyclic) bond motifs is 1. The molecule has 4 aliphatic rings. The lowest BCUT2D eigenvalue weighted by Crippen LogP contribution is -2.38. The Morgan fingerprint density at radius 2 is 1.95 bits per heavy atom. The van der Waals surface area contributed by atoms with Crippen LogP contribution in [0.2, 0.25) is 0 Å². The van der Waals surface area contributed by atoms with Crippen LogP contribution in [0.4, 0.5) is 0 Å². The molecule has 1 aromatic heterocycles. The number of carbonyl (C=O) groups excluding carboxylic acids is 1. The van der Waals surface area contributed by atoms with Crippen molar-refractivity contribution in [2.24, 2.45) is 28.6 Å². The lowest BCUT2D eigenvalue weighted by atomic mass is 9.60. The van der Waals surface area contributed by atoms with Crippen molar-refractivity contribution >= 4 is 17.3 Å². The van der Waals surface area contributed by atoms with Gasteiger partial charge in [-0.15, -0.1) is 11.3 Å². The van der Waals surface area contributed by atoms with E-state index < -0.39 is 17.6 Å². The van der Waals surface area contributed by atoms with Gasteiger partial charge in [-0.25, -0.2) is 4.98 Å². The molecule has 0 bridgehead atoms. The highest BCUT2D eigenvalue weighted by molar-refractivity contribution is 7.09. The zero-order valence-electron chi connectivity index (χ0n) is 26.7. The molecule has 4 saturated carbocycles. The predicted octanol–water partition coefficient (Wildman–Crippen LogP) is 8.00. The third-order valence-corrected chi connectivity index (χ3v) is 12.4. The fourth-order valence-electron chi connectivity index (χ4n) is 8.44. The molecule has 0 aliphatic heterocycles. The number of ether oxygens (including phenoxy) is 1. The number of aromatic nitrogens is 1. The van der Waals surface area contributed by atoms with Crippen LogP contribution in [-0.2, 0) is 14.9 Å². The van der Waals surface area contributed by atoms with Gasteiger partial charge in [0.15, 0.2) is 0 Å². The second-order valence-corrected chi connectivity index (χ2v) is 16.2. The minimum Gasteiger partial charge on any atom is -0.461 e. The summed E-state index contributed by atoms with van der Waals surface area (Å²) in [5.41, 5.74) is 3.97. The highest BCUT2D eigenvalue weighted by Gasteiger charge is 2.56. The zero-order chi connectivity index (χ0) is 30.4. The fourth-order valence-corrected chi connectivity index (χ4v) is 9.54. The van der Waals surface area contributed by atoms with Gasteiger partial charge in [0.2, 0.25) is 0 Å². The van der Waals surface area contributed by atoms with Crippen molar-refractivity contribution in [2.75, 3.05) is 0 Å². The molecule has 42 heavy (non-hydrogen) atoms. The molecular weight excluding hydrogens is 542 g/mol. The smallest absolute Gasteiger partial charge is 0.311 e. The Morgan fingerprint density at radius 3 is 2.60 bits per heavy atom. The molecule has 6 heteroatoms. The molecule has 1 heterocycles. The third-order valence-electron chi connectivity index (χ3n) is 11.2. The molecule has 0 unspecified atom stereocenters. The molecule has 4 aliphatic carbocycles. The van der Waals surface area contributed by atoms with Crippen LogP contribution in [0.3, 0.4) is 0 Å². The first-order valence-electron chi connectivity index (χ1n) is 16.3. The maximum Gasteiger partial charge on any atom is 0.311 e. The van der Waals surface area contributed by atoms with E-state index in [0.717, 1.165) is 54.0 Å². The van der Waals surface area contributed by atoms with Crippen LogP contribution >= 0.6 is 11.3 Å². The molecule has 5 rings (SSSR count). The van der Waals surface area contributed by atoms with Crippen LogP contribution in [-0.4, -0.2) is 39.5 Å². The second-order valence-electron chi connectivity index (χ2n) is 15.3. The van der Waals surface area contributed by atoms with Gasteiger partial charge in [-0.3, -0.25) is 4.79 Å². The van der Waals surface area contributed by atoms with Crippen LogP contribution in [0.15, 0.2) is 40.8 Å². The quantitative estimate of drug-likeness (QED) is 0.298. The average Bonchev–Trinajstić information content (AvgIpc) is 3.47. The summed E-state index contributed by atoms with van der Waals surface area (Å²) in [5, 5.41) is 23.8. The highest BCUT2D eigenvalue weighted by Crippen LogP contribution is 2.60. The monoisotopic (exact) mass is 595 g/mol. The number of esters is 1. The van der Waals surface area contributed by atoms with Crippen molar-refractivity contribution in [1.29, 1.82) is 0 Å². The van der Waals surface area contributed by atoms with Crippen molar-refractivity contribution in [3.8, 4) is 0 Å². The van der Waals surface area contributed by atoms with E-state index in [1.807, 2.05) is 27.7 Å². The first-order chi connectivity index (χ1) is 19.7. The predicted molar refractivity (Wildman–Crippen MR) is 170 cm³/mol. The number of nitrogens with zero attached hydrogens (tertiary/aromatic N) is 1. The maximum atomic E-state index is 13.1. The second kappa shape index (κ2) is 12.0. The van der Waals surface area contributed by atoms with Crippen LogP contribution in [0.25, 0.3) is 0 Å². The van der Waals surface area contributed by atoms with Crippen molar-refractivity contribution in [1.82, 2.24) is 4.98 Å². The summed E-state index contributed by atoms with van der Waals surface area (Å²) in [6.07, 6.45) is 14.2. The number of carbonyl (C=O) groups is 1. The van der Waals surface area contributed by atoms with E-state index in [-0.39, 0.29) is 22.9 Å². The molecule has 0 spiro atoms. The molecule has 0 radical (unpaired) electrons. The first-order valence-corrected chi connectivity index (χ1v) is 17.2. The summed E-state index contributed by atoms with van der Waals surface area (Å²) in [7, 11) is 0. The number of allylic oxidation sites excluding steroid dienone is 3. The molecular formula is C36H53NO4S. The topological polar surface area (TPSA) is 79.7 Å². The Balaban J connectivity index is 1.30. The zero-order valence-corrected chi connectivity index (χ0v) is 27.6. The summed E-state index contributed by atoms with van der Waals surface area (Å²) in [4.78, 5) is 18.0. The van der Waals surface area contributed by atoms with E-state index in [0.29, 0.717) is 30.6 Å². The van der Waals surface area contributed by atoms with E-state index in [1.165, 1.54) is 31.3 Å². The normalized spacial score (nSPS) is 34.3. The summed E-state index contributed by atoms with van der Waals surface area (Å²) < 4.78 is 6.35. The molecule has 0 saturated heterocycles. The molecule has 1 aromatic rings. The lowest BCUT2D eigenvalue weighted by molar-refractivity contribution is -0.161. The van der Waals surface area contributed by atoms with Crippen LogP contribution < -0.4 is 0 Å². The Labute approximate surface area is 257 Å². The van der Waals surface area contributed by atoms with Crippen molar-refractivity contribution in [3.63, 3.8) is 0 Å². The summed E-state index contributed by atoms with van der Waals surface area (Å²) in [6, 6.07) is 0. The number of aliphatic hydroxyl groups is 2. The van der Waals surface area contributed by atoms with Crippen molar-refractivity contribution < 1.29 is 19.7 Å². The first kappa shape index (κ1) is 31.7. The maximum absolute atomic E-state index is 13.1. The minimum absolute atomic E-state index is 0.107. The number of aryl methyl sites for hydroxylation is 1. The average molecular weight is 596 g/mol. The van der Waals surface area contributed by atoms with Gasteiger partial charge in [-0.2, -0.15) is 0 Å². The van der Waals surface area contributed by atoms with E-state index in [4.69, 9.17) is 9.72 Å². The summed E-state index contributed by atoms with van der Waals surface area (Å²) in [6.45, 7) is 16.9. The van der Waals surface area contributed by atoms with Gasteiger partial charge >= 0.3 is 5.97 Å². The molecule has 0 aromatic carbocycles. The van der Waals surface area contributed by atoms with Gasteiger partial charge in [-0.1, -0.05) is 38.2 Å². The molecule has 232 valence electrons. The van der Waals surface area contributed by atoms with E-state index >= 15 is 0 Å². The molecule has 2 N–H and O–H groups in total. The van der Waals surface area contributed by atoms with E-state index in [1.54, 1.807) is 11.3 Å². The summed E-state index contributed by atoms with van der Waals surface area (Å²) in [5.74, 6) is 1.66. The number of rotatable bonds is 8. The molecule has 5 nitrogen and oxygen atoms in total. The van der Waals surface area contributed by atoms with Gasteiger partial charge in [0, 0.05) is 17.5 Å². The highest BCUT2D eigenvalue weighted by atomic mass is 32.1. The van der Waals surface area contributed by atoms with E-state index in [9.17, 15) is 15.0 Å². The van der Waals surface area contributed by atoms with Crippen molar-refractivity contribution in [2.45, 2.75) is 136 Å². The van der Waals surface area contributed by atoms with Gasteiger partial charge in [0.25, 0.3) is 0 Å². The number of aliphatic hydroxyl groups excluding tert-OH is 2. The Kier molecular flexibility index (Phi) is 9.02. The largest absolute Gasteiger partial charge is 0.461 e. The SMILES string of the molecule is C=C1/C(=C\C=C2/CCC[C@]3(C)[C@@H]([C@H](C)CC[C@H](OC(=O)C(C)(C)C)C4(c5nc(C)cs5)CC4)CC[C@@H]23)C[C@@H](O)C[C@@H]1O. The Bertz CT molecular complexity index is 1230. The van der Waals surface area contributed by atoms with Gasteiger partial charge in [0.1, 0.15) is 11.1 Å². The van der Waals surface area contributed by atoms with Gasteiger partial charge in [0.05, 0.1) is 23.0 Å². The fraction of sp³-hybridized carbons (Fsp3) is 0.722. The summed E-state index contributed by atoms with van der Waals surface area (Å²) >= 11 is 1.72. The number of hydrogen-bond donors (Lipinski definition) is 2. The van der Waals surface area contributed by atoms with Gasteiger partial charge in [-0.05, 0) is 126 Å². The van der Waals surface area contributed by atoms with Crippen LogP contribution in [0.5, 0.6) is 0 Å². The number of hydrogen-bond acceptors (Lipinski definition) is 6.